The molecule has 0 aliphatic heterocycles. The number of para-hydroxylation sites is 1. The van der Waals surface area contributed by atoms with Crippen molar-refractivity contribution in [1.29, 1.82) is 0 Å². The molecule has 5 nitrogen and oxygen atoms in total. The lowest BCUT2D eigenvalue weighted by Gasteiger charge is -1.98. The Morgan fingerprint density at radius 3 is 2.85 bits per heavy atom. The van der Waals surface area contributed by atoms with Crippen LogP contribution in [0.4, 0.5) is 5.13 Å². The van der Waals surface area contributed by atoms with Crippen LogP contribution in [0, 0.1) is 6.92 Å². The number of benzene rings is 1. The van der Waals surface area contributed by atoms with Gasteiger partial charge in [0.25, 0.3) is 0 Å². The van der Waals surface area contributed by atoms with Crippen LogP contribution in [-0.2, 0) is 6.54 Å². The highest BCUT2D eigenvalue weighted by molar-refractivity contribution is 7.09. The molecule has 1 aromatic carbocycles. The summed E-state index contributed by atoms with van der Waals surface area (Å²) in [6.45, 7) is 6.88. The minimum absolute atomic E-state index is 0.357. The average Bonchev–Trinajstić information content (AvgIpc) is 3.03. The molecule has 2 N–H and O–H groups in total. The first kappa shape index (κ1) is 13.1. The molecule has 104 valence electrons. The van der Waals surface area contributed by atoms with Gasteiger partial charge in [-0.1, -0.05) is 26.0 Å². The fraction of sp³-hybridized carbons (Fsp3) is 0.357. The van der Waals surface area contributed by atoms with E-state index in [1.54, 1.807) is 0 Å². The van der Waals surface area contributed by atoms with E-state index in [1.807, 2.05) is 12.1 Å². The van der Waals surface area contributed by atoms with Gasteiger partial charge in [-0.2, -0.15) is 4.37 Å². The number of rotatable bonds is 4. The normalized spacial score (nSPS) is 11.4. The molecule has 20 heavy (non-hydrogen) atoms. The lowest BCUT2D eigenvalue weighted by Crippen LogP contribution is -2.01. The van der Waals surface area contributed by atoms with Crippen LogP contribution in [0.25, 0.3) is 11.0 Å². The zero-order chi connectivity index (χ0) is 14.1. The Kier molecular flexibility index (Phi) is 3.40. The number of hydrogen-bond acceptors (Lipinski definition) is 5. The van der Waals surface area contributed by atoms with Crippen LogP contribution < -0.4 is 5.32 Å². The van der Waals surface area contributed by atoms with Crippen LogP contribution in [0.2, 0.25) is 0 Å². The van der Waals surface area contributed by atoms with Crippen molar-refractivity contribution in [3.63, 3.8) is 0 Å². The molecule has 6 heteroatoms. The predicted octanol–water partition coefficient (Wildman–Crippen LogP) is 3.46. The topological polar surface area (TPSA) is 66.5 Å². The molecule has 3 rings (SSSR count). The number of aromatic amines is 1. The smallest absolute Gasteiger partial charge is 0.202 e. The molecule has 2 heterocycles. The van der Waals surface area contributed by atoms with Gasteiger partial charge in [0.2, 0.25) is 5.13 Å². The summed E-state index contributed by atoms with van der Waals surface area (Å²) in [7, 11) is 0. The number of hydrogen-bond donors (Lipinski definition) is 2. The SMILES string of the molecule is Cc1cccc2[nH]c(CNc3nc(C(C)C)ns3)nc12. The van der Waals surface area contributed by atoms with Gasteiger partial charge in [-0.15, -0.1) is 0 Å². The summed E-state index contributed by atoms with van der Waals surface area (Å²) in [5.74, 6) is 2.16. The number of nitrogens with zero attached hydrogens (tertiary/aromatic N) is 3. The van der Waals surface area contributed by atoms with Crippen molar-refractivity contribution in [2.75, 3.05) is 5.32 Å². The number of imidazole rings is 1. The Morgan fingerprint density at radius 2 is 2.15 bits per heavy atom. The molecule has 0 radical (unpaired) electrons. The number of fused-ring (bicyclic) bond motifs is 1. The van der Waals surface area contributed by atoms with Crippen molar-refractivity contribution in [2.24, 2.45) is 0 Å². The molecule has 0 bridgehead atoms. The maximum atomic E-state index is 4.61. The summed E-state index contributed by atoms with van der Waals surface area (Å²) in [4.78, 5) is 12.4. The molecule has 0 amide bonds. The fourth-order valence-electron chi connectivity index (χ4n) is 2.01. The fourth-order valence-corrected chi connectivity index (χ4v) is 2.71. The average molecular weight is 287 g/mol. The van der Waals surface area contributed by atoms with Gasteiger partial charge in [-0.25, -0.2) is 9.97 Å². The first-order valence-corrected chi connectivity index (χ1v) is 7.42. The van der Waals surface area contributed by atoms with Crippen LogP contribution in [0.15, 0.2) is 18.2 Å². The zero-order valence-electron chi connectivity index (χ0n) is 11.8. The summed E-state index contributed by atoms with van der Waals surface area (Å²) in [6, 6.07) is 6.15. The predicted molar refractivity (Wildman–Crippen MR) is 82.2 cm³/mol. The third-order valence-corrected chi connectivity index (χ3v) is 3.82. The summed E-state index contributed by atoms with van der Waals surface area (Å²) in [5, 5.41) is 4.11. The molecular formula is C14H17N5S. The maximum Gasteiger partial charge on any atom is 0.202 e. The second-order valence-corrected chi connectivity index (χ2v) is 5.87. The second kappa shape index (κ2) is 5.20. The monoisotopic (exact) mass is 287 g/mol. The molecule has 3 aromatic rings. The van der Waals surface area contributed by atoms with Crippen LogP contribution in [0.1, 0.15) is 37.0 Å². The third kappa shape index (κ3) is 2.51. The lowest BCUT2D eigenvalue weighted by atomic mass is 10.2. The molecule has 0 aliphatic rings. The standard InChI is InChI=1S/C14H17N5S/c1-8(2)13-18-14(20-19-13)15-7-11-16-10-6-4-5-9(3)12(10)17-11/h4-6,8H,7H2,1-3H3,(H,16,17)(H,15,18,19). The highest BCUT2D eigenvalue weighted by Crippen LogP contribution is 2.19. The molecule has 0 spiro atoms. The Labute approximate surface area is 121 Å². The Bertz CT molecular complexity index is 728. The summed E-state index contributed by atoms with van der Waals surface area (Å²) in [5.41, 5.74) is 3.29. The number of aromatic nitrogens is 4. The number of aryl methyl sites for hydroxylation is 1. The summed E-state index contributed by atoms with van der Waals surface area (Å²) < 4.78 is 4.32. The van der Waals surface area contributed by atoms with Gasteiger partial charge >= 0.3 is 0 Å². The lowest BCUT2D eigenvalue weighted by molar-refractivity contribution is 0.798. The molecule has 0 fully saturated rings. The number of anilines is 1. The van der Waals surface area contributed by atoms with Crippen molar-refractivity contribution < 1.29 is 0 Å². The maximum absolute atomic E-state index is 4.61. The molecular weight excluding hydrogens is 270 g/mol. The van der Waals surface area contributed by atoms with Gasteiger partial charge in [-0.3, -0.25) is 0 Å². The van der Waals surface area contributed by atoms with Gasteiger partial charge in [0.15, 0.2) is 0 Å². The number of H-pyrrole nitrogens is 1. The molecule has 0 atom stereocenters. The van der Waals surface area contributed by atoms with Gasteiger partial charge in [0, 0.05) is 17.5 Å². The Balaban J connectivity index is 1.74. The van der Waals surface area contributed by atoms with E-state index in [9.17, 15) is 0 Å². The quantitative estimate of drug-likeness (QED) is 0.771. The van der Waals surface area contributed by atoms with E-state index in [2.05, 4.69) is 51.5 Å². The first-order valence-electron chi connectivity index (χ1n) is 6.65. The second-order valence-electron chi connectivity index (χ2n) is 5.12. The third-order valence-electron chi connectivity index (χ3n) is 3.13. The molecule has 0 unspecified atom stereocenters. The van der Waals surface area contributed by atoms with Gasteiger partial charge in [0.05, 0.1) is 17.6 Å². The Morgan fingerprint density at radius 1 is 1.30 bits per heavy atom. The highest BCUT2D eigenvalue weighted by atomic mass is 32.1. The van der Waals surface area contributed by atoms with E-state index in [-0.39, 0.29) is 0 Å². The molecule has 0 saturated heterocycles. The van der Waals surface area contributed by atoms with E-state index < -0.39 is 0 Å². The van der Waals surface area contributed by atoms with Crippen molar-refractivity contribution >= 4 is 27.7 Å². The van der Waals surface area contributed by atoms with Crippen molar-refractivity contribution in [1.82, 2.24) is 19.3 Å². The van der Waals surface area contributed by atoms with E-state index in [0.717, 1.165) is 27.8 Å². The van der Waals surface area contributed by atoms with Crippen LogP contribution in [0.5, 0.6) is 0 Å². The van der Waals surface area contributed by atoms with Crippen molar-refractivity contribution in [3.8, 4) is 0 Å². The largest absolute Gasteiger partial charge is 0.353 e. The number of nitrogens with one attached hydrogen (secondary N) is 2. The van der Waals surface area contributed by atoms with Gasteiger partial charge in [0.1, 0.15) is 11.6 Å². The van der Waals surface area contributed by atoms with Crippen LogP contribution in [-0.4, -0.2) is 19.3 Å². The van der Waals surface area contributed by atoms with Crippen LogP contribution >= 0.6 is 11.5 Å². The molecule has 2 aromatic heterocycles. The van der Waals surface area contributed by atoms with E-state index in [0.29, 0.717) is 12.5 Å². The Hall–Kier alpha value is -1.95. The minimum atomic E-state index is 0.357. The first-order chi connectivity index (χ1) is 9.63. The van der Waals surface area contributed by atoms with Crippen LogP contribution in [0.3, 0.4) is 0 Å². The zero-order valence-corrected chi connectivity index (χ0v) is 12.6. The van der Waals surface area contributed by atoms with E-state index in [1.165, 1.54) is 17.1 Å². The molecule has 0 aliphatic carbocycles. The summed E-state index contributed by atoms with van der Waals surface area (Å²) in [6.07, 6.45) is 0. The van der Waals surface area contributed by atoms with Crippen molar-refractivity contribution in [2.45, 2.75) is 33.2 Å². The van der Waals surface area contributed by atoms with Gasteiger partial charge in [-0.05, 0) is 18.6 Å². The minimum Gasteiger partial charge on any atom is -0.353 e. The molecule has 0 saturated carbocycles. The highest BCUT2D eigenvalue weighted by Gasteiger charge is 2.09. The summed E-state index contributed by atoms with van der Waals surface area (Å²) >= 11 is 1.39. The van der Waals surface area contributed by atoms with Crippen molar-refractivity contribution in [3.05, 3.63) is 35.4 Å². The van der Waals surface area contributed by atoms with E-state index in [4.69, 9.17) is 0 Å². The van der Waals surface area contributed by atoms with Gasteiger partial charge < -0.3 is 10.3 Å². The van der Waals surface area contributed by atoms with E-state index >= 15 is 0 Å².